The third-order valence-corrected chi connectivity index (χ3v) is 9.40. The number of fused-ring (bicyclic) bond motifs is 4. The Kier molecular flexibility index (Phi) is 7.17. The van der Waals surface area contributed by atoms with E-state index in [4.69, 9.17) is 24.9 Å². The van der Waals surface area contributed by atoms with Crippen molar-refractivity contribution in [2.45, 2.75) is 13.8 Å². The zero-order valence-electron chi connectivity index (χ0n) is 27.7. The molecule has 9 rings (SSSR count). The molecule has 0 atom stereocenters. The van der Waals surface area contributed by atoms with Crippen molar-refractivity contribution in [3.05, 3.63) is 163 Å². The first-order valence-corrected chi connectivity index (χ1v) is 16.8. The Morgan fingerprint density at radius 1 is 0.320 bits per heavy atom. The summed E-state index contributed by atoms with van der Waals surface area (Å²) in [6.07, 6.45) is 0. The zero-order valence-corrected chi connectivity index (χ0v) is 27.7. The van der Waals surface area contributed by atoms with Crippen LogP contribution >= 0.6 is 0 Å². The first kappa shape index (κ1) is 29.5. The Balaban J connectivity index is 1.19. The molecule has 0 aliphatic heterocycles. The SMILES string of the molecule is Cc1nc2ccc(-c3ccc4c(c3)cc(-c3cccc(-c5nc(-c6ccccc6)nc(-c6ccccc6)n5)c3)c3ccccc34)cc2nc1C. The van der Waals surface area contributed by atoms with E-state index in [-0.39, 0.29) is 0 Å². The van der Waals surface area contributed by atoms with Gasteiger partial charge in [0.25, 0.3) is 0 Å². The van der Waals surface area contributed by atoms with Gasteiger partial charge >= 0.3 is 0 Å². The highest BCUT2D eigenvalue weighted by Crippen LogP contribution is 2.38. The smallest absolute Gasteiger partial charge is 0.164 e. The molecule has 0 bridgehead atoms. The first-order chi connectivity index (χ1) is 24.6. The fourth-order valence-electron chi connectivity index (χ4n) is 6.71. The molecule has 0 saturated carbocycles. The van der Waals surface area contributed by atoms with E-state index >= 15 is 0 Å². The molecule has 0 aliphatic rings. The highest BCUT2D eigenvalue weighted by molar-refractivity contribution is 6.14. The van der Waals surface area contributed by atoms with Crippen molar-refractivity contribution in [2.75, 3.05) is 0 Å². The average molecular weight is 642 g/mol. The van der Waals surface area contributed by atoms with Crippen molar-refractivity contribution >= 4 is 32.6 Å². The van der Waals surface area contributed by atoms with Crippen LogP contribution in [0, 0.1) is 13.8 Å². The van der Waals surface area contributed by atoms with Crippen LogP contribution in [-0.4, -0.2) is 24.9 Å². The van der Waals surface area contributed by atoms with E-state index in [0.717, 1.165) is 61.4 Å². The quantitative estimate of drug-likeness (QED) is 0.175. The molecule has 0 N–H and O–H groups in total. The first-order valence-electron chi connectivity index (χ1n) is 16.8. The lowest BCUT2D eigenvalue weighted by atomic mass is 9.91. The minimum absolute atomic E-state index is 0.636. The molecule has 50 heavy (non-hydrogen) atoms. The average Bonchev–Trinajstić information content (AvgIpc) is 3.18. The Bertz CT molecular complexity index is 2660. The number of hydrogen-bond acceptors (Lipinski definition) is 5. The molecule has 5 nitrogen and oxygen atoms in total. The zero-order chi connectivity index (χ0) is 33.6. The summed E-state index contributed by atoms with van der Waals surface area (Å²) >= 11 is 0. The number of hydrogen-bond donors (Lipinski definition) is 0. The number of aryl methyl sites for hydroxylation is 2. The van der Waals surface area contributed by atoms with E-state index < -0.39 is 0 Å². The molecule has 9 aromatic rings. The molecule has 2 aromatic heterocycles. The van der Waals surface area contributed by atoms with Gasteiger partial charge in [0, 0.05) is 16.7 Å². The molecular formula is C45H31N5. The van der Waals surface area contributed by atoms with Gasteiger partial charge in [0.1, 0.15) is 0 Å². The van der Waals surface area contributed by atoms with E-state index in [2.05, 4.69) is 91.0 Å². The fourth-order valence-corrected chi connectivity index (χ4v) is 6.71. The van der Waals surface area contributed by atoms with Gasteiger partial charge in [-0.3, -0.25) is 0 Å². The van der Waals surface area contributed by atoms with Crippen molar-refractivity contribution in [2.24, 2.45) is 0 Å². The van der Waals surface area contributed by atoms with Crippen LogP contribution in [0.1, 0.15) is 11.4 Å². The largest absolute Gasteiger partial charge is 0.250 e. The summed E-state index contributed by atoms with van der Waals surface area (Å²) in [5, 5.41) is 4.80. The lowest BCUT2D eigenvalue weighted by molar-refractivity contribution is 1.07. The van der Waals surface area contributed by atoms with Crippen LogP contribution in [0.4, 0.5) is 0 Å². The summed E-state index contributed by atoms with van der Waals surface area (Å²) in [6, 6.07) is 52.8. The third kappa shape index (κ3) is 5.35. The van der Waals surface area contributed by atoms with Crippen LogP contribution in [0.5, 0.6) is 0 Å². The van der Waals surface area contributed by atoms with Crippen LogP contribution in [0.25, 0.3) is 89.0 Å². The standard InChI is InChI=1S/C45H31N5/c1-28-29(2)47-42-27-33(21-23-41(42)46-28)32-20-22-37-36(24-32)26-40(39-19-10-9-18-38(37)39)34-16-11-17-35(25-34)45-49-43(30-12-5-3-6-13-30)48-44(50-45)31-14-7-4-8-15-31/h3-27H,1-2H3. The molecule has 0 fully saturated rings. The predicted molar refractivity (Wildman–Crippen MR) is 205 cm³/mol. The van der Waals surface area contributed by atoms with Gasteiger partial charge in [-0.2, -0.15) is 0 Å². The summed E-state index contributed by atoms with van der Waals surface area (Å²) < 4.78 is 0. The molecule has 5 heteroatoms. The molecular weight excluding hydrogens is 611 g/mol. The van der Waals surface area contributed by atoms with E-state index in [1.807, 2.05) is 74.5 Å². The van der Waals surface area contributed by atoms with Crippen LogP contribution in [0.3, 0.4) is 0 Å². The normalized spacial score (nSPS) is 11.4. The number of rotatable bonds is 5. The van der Waals surface area contributed by atoms with Crippen molar-refractivity contribution in [3.63, 3.8) is 0 Å². The van der Waals surface area contributed by atoms with Gasteiger partial charge in [-0.25, -0.2) is 24.9 Å². The third-order valence-electron chi connectivity index (χ3n) is 9.40. The Morgan fingerprint density at radius 3 is 1.56 bits per heavy atom. The summed E-state index contributed by atoms with van der Waals surface area (Å²) in [5.74, 6) is 1.93. The van der Waals surface area contributed by atoms with Gasteiger partial charge in [-0.15, -0.1) is 0 Å². The van der Waals surface area contributed by atoms with Crippen molar-refractivity contribution < 1.29 is 0 Å². The van der Waals surface area contributed by atoms with Gasteiger partial charge < -0.3 is 0 Å². The highest BCUT2D eigenvalue weighted by Gasteiger charge is 2.15. The molecule has 0 saturated heterocycles. The highest BCUT2D eigenvalue weighted by atomic mass is 15.0. The van der Waals surface area contributed by atoms with Gasteiger partial charge in [0.05, 0.1) is 22.4 Å². The molecule has 0 spiro atoms. The second kappa shape index (κ2) is 12.1. The van der Waals surface area contributed by atoms with Gasteiger partial charge in [-0.05, 0) is 88.0 Å². The van der Waals surface area contributed by atoms with Crippen molar-refractivity contribution in [1.82, 2.24) is 24.9 Å². The topological polar surface area (TPSA) is 64.5 Å². The maximum absolute atomic E-state index is 4.99. The minimum atomic E-state index is 0.636. The van der Waals surface area contributed by atoms with E-state index in [1.54, 1.807) is 0 Å². The number of nitrogens with zero attached hydrogens (tertiary/aromatic N) is 5. The molecule has 0 unspecified atom stereocenters. The Hall–Kier alpha value is -6.59. The number of aromatic nitrogens is 5. The molecule has 2 heterocycles. The Morgan fingerprint density at radius 2 is 0.860 bits per heavy atom. The van der Waals surface area contributed by atoms with E-state index in [9.17, 15) is 0 Å². The maximum Gasteiger partial charge on any atom is 0.164 e. The molecule has 0 radical (unpaired) electrons. The van der Waals surface area contributed by atoms with E-state index in [0.29, 0.717) is 17.5 Å². The second-order valence-electron chi connectivity index (χ2n) is 12.6. The Labute approximate surface area is 290 Å². The maximum atomic E-state index is 4.99. The van der Waals surface area contributed by atoms with Crippen LogP contribution in [0.2, 0.25) is 0 Å². The van der Waals surface area contributed by atoms with Crippen LogP contribution in [-0.2, 0) is 0 Å². The summed E-state index contributed by atoms with van der Waals surface area (Å²) in [7, 11) is 0. The van der Waals surface area contributed by atoms with Gasteiger partial charge in [-0.1, -0.05) is 121 Å². The fraction of sp³-hybridized carbons (Fsp3) is 0.0444. The van der Waals surface area contributed by atoms with Gasteiger partial charge in [0.2, 0.25) is 0 Å². The lowest BCUT2D eigenvalue weighted by Gasteiger charge is -2.14. The minimum Gasteiger partial charge on any atom is -0.250 e. The predicted octanol–water partition coefficient (Wildman–Crippen LogP) is 11.1. The van der Waals surface area contributed by atoms with Crippen LogP contribution in [0.15, 0.2) is 152 Å². The summed E-state index contributed by atoms with van der Waals surface area (Å²) in [6.45, 7) is 4.02. The molecule has 0 amide bonds. The molecule has 236 valence electrons. The lowest BCUT2D eigenvalue weighted by Crippen LogP contribution is -2.00. The monoisotopic (exact) mass is 641 g/mol. The second-order valence-corrected chi connectivity index (χ2v) is 12.6. The van der Waals surface area contributed by atoms with Crippen LogP contribution < -0.4 is 0 Å². The van der Waals surface area contributed by atoms with E-state index in [1.165, 1.54) is 21.5 Å². The molecule has 0 aliphatic carbocycles. The summed E-state index contributed by atoms with van der Waals surface area (Å²) in [5.41, 5.74) is 11.1. The summed E-state index contributed by atoms with van der Waals surface area (Å²) in [4.78, 5) is 24.4. The van der Waals surface area contributed by atoms with Crippen molar-refractivity contribution in [1.29, 1.82) is 0 Å². The molecule has 7 aromatic carbocycles. The van der Waals surface area contributed by atoms with Crippen molar-refractivity contribution in [3.8, 4) is 56.4 Å². The van der Waals surface area contributed by atoms with Gasteiger partial charge in [0.15, 0.2) is 17.5 Å². The number of benzene rings is 7.